The molecule has 0 amide bonds. The van der Waals surface area contributed by atoms with E-state index in [1.165, 1.54) is 0 Å². The molecule has 0 fully saturated rings. The monoisotopic (exact) mass is 122 g/mol. The first-order chi connectivity index (χ1) is 3.68. The van der Waals surface area contributed by atoms with E-state index in [2.05, 4.69) is 6.58 Å². The van der Waals surface area contributed by atoms with Crippen molar-refractivity contribution >= 4 is 24.8 Å². The van der Waals surface area contributed by atoms with Crippen molar-refractivity contribution < 1.29 is 9.90 Å². The Morgan fingerprint density at radius 1 is 1.67 bits per heavy atom. The molecule has 0 aromatic rings. The number of rotatable bonds is 3. The fraction of sp³-hybridized carbons (Fsp3) is 0.500. The number of aliphatic carboxylic acids is 1. The summed E-state index contributed by atoms with van der Waals surface area (Å²) < 4.78 is 0. The van der Waals surface area contributed by atoms with Crippen LogP contribution in [-0.2, 0) is 4.79 Å². The number of carboxylic acid groups (broad SMARTS) is 1. The van der Waals surface area contributed by atoms with Gasteiger partial charge in [-0.2, -0.15) is 0 Å². The summed E-state index contributed by atoms with van der Waals surface area (Å²) in [6, 6.07) is 0. The molecule has 9 heavy (non-hydrogen) atoms. The van der Waals surface area contributed by atoms with Gasteiger partial charge >= 0.3 is 24.8 Å². The zero-order valence-corrected chi connectivity index (χ0v) is 4.98. The molecule has 0 bridgehead atoms. The van der Waals surface area contributed by atoms with Gasteiger partial charge in [0.2, 0.25) is 0 Å². The molecule has 0 spiro atoms. The van der Waals surface area contributed by atoms with Crippen LogP contribution < -0.4 is 0 Å². The molecule has 0 radical (unpaired) electrons. The molecule has 0 atom stereocenters. The molecule has 0 aliphatic heterocycles. The second-order valence-corrected chi connectivity index (χ2v) is 1.66. The summed E-state index contributed by atoms with van der Waals surface area (Å²) >= 11 is 0. The Bertz CT molecular complexity index is 110. The Morgan fingerprint density at radius 2 is 2.11 bits per heavy atom. The quantitative estimate of drug-likeness (QED) is 0.443. The predicted octanol–water partition coefficient (Wildman–Crippen LogP) is 0.779. The standard InChI is InChI=1S/C6H10O2.Li.H/c1-3-4-5(2)6(7)8;;/h2-4H2,1H3,(H,7,8);;. The molecule has 0 aliphatic rings. The van der Waals surface area contributed by atoms with Gasteiger partial charge in [0.1, 0.15) is 0 Å². The molecule has 0 aromatic carbocycles. The van der Waals surface area contributed by atoms with Gasteiger partial charge in [-0.1, -0.05) is 19.9 Å². The van der Waals surface area contributed by atoms with E-state index in [9.17, 15) is 4.79 Å². The van der Waals surface area contributed by atoms with Crippen molar-refractivity contribution in [2.75, 3.05) is 0 Å². The topological polar surface area (TPSA) is 37.3 Å². The number of carbonyl (C=O) groups is 1. The molecular formula is C6H11LiO2. The third-order valence-corrected chi connectivity index (χ3v) is 0.854. The summed E-state index contributed by atoms with van der Waals surface area (Å²) in [7, 11) is 0. The van der Waals surface area contributed by atoms with Crippen LogP contribution in [0, 0.1) is 0 Å². The van der Waals surface area contributed by atoms with Gasteiger partial charge in [-0.3, -0.25) is 0 Å². The Kier molecular flexibility index (Phi) is 7.64. The van der Waals surface area contributed by atoms with Crippen LogP contribution in [0.25, 0.3) is 0 Å². The van der Waals surface area contributed by atoms with Crippen LogP contribution in [0.1, 0.15) is 19.8 Å². The SMILES string of the molecule is C=C(CCC)C(=O)O.[LiH]. The van der Waals surface area contributed by atoms with Crippen molar-refractivity contribution in [3.05, 3.63) is 12.2 Å². The number of carboxylic acids is 1. The first-order valence-corrected chi connectivity index (χ1v) is 2.59. The van der Waals surface area contributed by atoms with Gasteiger partial charge < -0.3 is 5.11 Å². The van der Waals surface area contributed by atoms with Crippen LogP contribution in [0.5, 0.6) is 0 Å². The Hall–Kier alpha value is -0.193. The van der Waals surface area contributed by atoms with Crippen molar-refractivity contribution in [2.45, 2.75) is 19.8 Å². The average Bonchev–Trinajstić information content (AvgIpc) is 1.67. The summed E-state index contributed by atoms with van der Waals surface area (Å²) in [6.45, 7) is 5.27. The van der Waals surface area contributed by atoms with E-state index in [1.807, 2.05) is 6.92 Å². The van der Waals surface area contributed by atoms with Crippen molar-refractivity contribution in [3.8, 4) is 0 Å². The van der Waals surface area contributed by atoms with E-state index in [0.717, 1.165) is 6.42 Å². The first kappa shape index (κ1) is 11.6. The van der Waals surface area contributed by atoms with E-state index in [1.54, 1.807) is 0 Å². The molecule has 0 heterocycles. The van der Waals surface area contributed by atoms with Gasteiger partial charge in [-0.05, 0) is 6.42 Å². The minimum absolute atomic E-state index is 0. The fourth-order valence-corrected chi connectivity index (χ4v) is 0.409. The molecule has 3 heteroatoms. The van der Waals surface area contributed by atoms with Gasteiger partial charge in [0.15, 0.2) is 0 Å². The van der Waals surface area contributed by atoms with Gasteiger partial charge in [0.05, 0.1) is 0 Å². The maximum atomic E-state index is 9.99. The van der Waals surface area contributed by atoms with Gasteiger partial charge in [0.25, 0.3) is 0 Å². The van der Waals surface area contributed by atoms with Gasteiger partial charge in [-0.25, -0.2) is 4.79 Å². The van der Waals surface area contributed by atoms with Crippen LogP contribution in [0.3, 0.4) is 0 Å². The van der Waals surface area contributed by atoms with E-state index in [-0.39, 0.29) is 18.9 Å². The molecule has 0 aliphatic carbocycles. The van der Waals surface area contributed by atoms with Crippen molar-refractivity contribution in [1.29, 1.82) is 0 Å². The fourth-order valence-electron chi connectivity index (χ4n) is 0.409. The normalized spacial score (nSPS) is 7.67. The predicted molar refractivity (Wildman–Crippen MR) is 38.8 cm³/mol. The van der Waals surface area contributed by atoms with Crippen LogP contribution >= 0.6 is 0 Å². The third kappa shape index (κ3) is 5.68. The molecule has 48 valence electrons. The zero-order chi connectivity index (χ0) is 6.57. The maximum absolute atomic E-state index is 9.99. The van der Waals surface area contributed by atoms with Crippen molar-refractivity contribution in [2.24, 2.45) is 0 Å². The molecule has 2 nitrogen and oxygen atoms in total. The van der Waals surface area contributed by atoms with E-state index < -0.39 is 5.97 Å². The molecule has 0 saturated heterocycles. The molecule has 0 unspecified atom stereocenters. The van der Waals surface area contributed by atoms with Crippen molar-refractivity contribution in [3.63, 3.8) is 0 Å². The van der Waals surface area contributed by atoms with Crippen LogP contribution in [-0.4, -0.2) is 29.9 Å². The van der Waals surface area contributed by atoms with Crippen LogP contribution in [0.2, 0.25) is 0 Å². The summed E-state index contributed by atoms with van der Waals surface area (Å²) in [4.78, 5) is 9.99. The van der Waals surface area contributed by atoms with E-state index in [0.29, 0.717) is 12.0 Å². The Morgan fingerprint density at radius 3 is 2.22 bits per heavy atom. The zero-order valence-electron chi connectivity index (χ0n) is 4.98. The van der Waals surface area contributed by atoms with Crippen LogP contribution in [0.15, 0.2) is 12.2 Å². The first-order valence-electron chi connectivity index (χ1n) is 2.59. The third-order valence-electron chi connectivity index (χ3n) is 0.854. The molecule has 1 N–H and O–H groups in total. The Labute approximate surface area is 67.1 Å². The van der Waals surface area contributed by atoms with Crippen LogP contribution in [0.4, 0.5) is 0 Å². The van der Waals surface area contributed by atoms with Crippen molar-refractivity contribution in [1.82, 2.24) is 0 Å². The van der Waals surface area contributed by atoms with E-state index >= 15 is 0 Å². The Balaban J connectivity index is 0. The minimum atomic E-state index is -0.883. The number of hydrogen-bond donors (Lipinski definition) is 1. The summed E-state index contributed by atoms with van der Waals surface area (Å²) in [5.74, 6) is -0.883. The number of hydrogen-bond acceptors (Lipinski definition) is 1. The molecular weight excluding hydrogens is 111 g/mol. The van der Waals surface area contributed by atoms with Gasteiger partial charge in [0, 0.05) is 5.57 Å². The average molecular weight is 122 g/mol. The summed E-state index contributed by atoms with van der Waals surface area (Å²) in [5, 5.41) is 8.21. The van der Waals surface area contributed by atoms with Gasteiger partial charge in [-0.15, -0.1) is 0 Å². The second kappa shape index (κ2) is 5.94. The molecule has 0 rings (SSSR count). The second-order valence-electron chi connectivity index (χ2n) is 1.66. The molecule has 0 aromatic heterocycles. The summed E-state index contributed by atoms with van der Waals surface area (Å²) in [5.41, 5.74) is 0.299. The molecule has 0 saturated carbocycles. The van der Waals surface area contributed by atoms with E-state index in [4.69, 9.17) is 5.11 Å². The summed E-state index contributed by atoms with van der Waals surface area (Å²) in [6.07, 6.45) is 1.44.